The lowest BCUT2D eigenvalue weighted by Gasteiger charge is -2.16. The first-order chi connectivity index (χ1) is 14.4. The summed E-state index contributed by atoms with van der Waals surface area (Å²) in [5.74, 6) is -0.418. The van der Waals surface area contributed by atoms with Gasteiger partial charge in [-0.05, 0) is 43.3 Å². The number of esters is 1. The summed E-state index contributed by atoms with van der Waals surface area (Å²) in [4.78, 5) is 48.3. The molecule has 3 amide bonds. The van der Waals surface area contributed by atoms with Gasteiger partial charge in [-0.3, -0.25) is 24.1 Å². The summed E-state index contributed by atoms with van der Waals surface area (Å²) < 4.78 is 10.8. The van der Waals surface area contributed by atoms with E-state index in [1.54, 1.807) is 24.3 Å². The lowest BCUT2D eigenvalue weighted by molar-refractivity contribution is -0.154. The highest BCUT2D eigenvalue weighted by atomic mass is 16.5. The average Bonchev–Trinajstić information content (AvgIpc) is 3.06. The van der Waals surface area contributed by atoms with Crippen molar-refractivity contribution in [3.8, 4) is 11.5 Å². The lowest BCUT2D eigenvalue weighted by Crippen LogP contribution is -2.34. The standard InChI is InChI=1S/C22H22N2O6/c1-15(29-21(27)13-14-24-19(25)11-12-20(24)26)22(28)23-16-7-9-18(10-8-16)30-17-5-3-2-4-6-17/h2-10,15H,11-14H2,1H3,(H,23,28). The third-order valence-corrected chi connectivity index (χ3v) is 4.47. The summed E-state index contributed by atoms with van der Waals surface area (Å²) in [5.41, 5.74) is 0.525. The van der Waals surface area contributed by atoms with Crippen LogP contribution < -0.4 is 10.1 Å². The summed E-state index contributed by atoms with van der Waals surface area (Å²) in [5, 5.41) is 2.66. The first kappa shape index (κ1) is 21.0. The smallest absolute Gasteiger partial charge is 0.308 e. The van der Waals surface area contributed by atoms with Crippen molar-refractivity contribution < 1.29 is 28.7 Å². The molecule has 1 saturated heterocycles. The molecule has 1 atom stereocenters. The maximum Gasteiger partial charge on any atom is 0.308 e. The van der Waals surface area contributed by atoms with Crippen LogP contribution in [0.15, 0.2) is 54.6 Å². The molecule has 1 aliphatic rings. The van der Waals surface area contributed by atoms with E-state index in [2.05, 4.69) is 5.32 Å². The van der Waals surface area contributed by atoms with Crippen molar-refractivity contribution in [1.29, 1.82) is 0 Å². The molecule has 1 fully saturated rings. The van der Waals surface area contributed by atoms with Gasteiger partial charge in [0.15, 0.2) is 6.10 Å². The van der Waals surface area contributed by atoms with E-state index in [0.29, 0.717) is 17.2 Å². The van der Waals surface area contributed by atoms with Crippen LogP contribution in [0.5, 0.6) is 11.5 Å². The Hall–Kier alpha value is -3.68. The zero-order valence-electron chi connectivity index (χ0n) is 16.5. The molecule has 8 nitrogen and oxygen atoms in total. The van der Waals surface area contributed by atoms with Gasteiger partial charge in [0.25, 0.3) is 5.91 Å². The van der Waals surface area contributed by atoms with E-state index in [4.69, 9.17) is 9.47 Å². The number of ether oxygens (including phenoxy) is 2. The van der Waals surface area contributed by atoms with Gasteiger partial charge in [-0.2, -0.15) is 0 Å². The Labute approximate surface area is 173 Å². The summed E-state index contributed by atoms with van der Waals surface area (Å²) in [6, 6.07) is 16.1. The second-order valence-electron chi connectivity index (χ2n) is 6.75. The number of nitrogens with one attached hydrogen (secondary N) is 1. The number of imide groups is 1. The maximum absolute atomic E-state index is 12.3. The van der Waals surface area contributed by atoms with Crippen molar-refractivity contribution in [1.82, 2.24) is 4.90 Å². The highest BCUT2D eigenvalue weighted by molar-refractivity contribution is 6.02. The van der Waals surface area contributed by atoms with Crippen LogP contribution in [0.4, 0.5) is 5.69 Å². The first-order valence-electron chi connectivity index (χ1n) is 9.59. The topological polar surface area (TPSA) is 102 Å². The molecule has 30 heavy (non-hydrogen) atoms. The molecule has 1 unspecified atom stereocenters. The molecule has 1 N–H and O–H groups in total. The van der Waals surface area contributed by atoms with Crippen LogP contribution in [-0.2, 0) is 23.9 Å². The van der Waals surface area contributed by atoms with Gasteiger partial charge in [-0.1, -0.05) is 18.2 Å². The van der Waals surface area contributed by atoms with Crippen LogP contribution in [0.25, 0.3) is 0 Å². The molecule has 0 aromatic heterocycles. The van der Waals surface area contributed by atoms with Gasteiger partial charge in [0.2, 0.25) is 11.8 Å². The van der Waals surface area contributed by atoms with E-state index in [-0.39, 0.29) is 37.6 Å². The number of rotatable bonds is 8. The third-order valence-electron chi connectivity index (χ3n) is 4.47. The number of anilines is 1. The predicted molar refractivity (Wildman–Crippen MR) is 108 cm³/mol. The monoisotopic (exact) mass is 410 g/mol. The van der Waals surface area contributed by atoms with E-state index >= 15 is 0 Å². The van der Waals surface area contributed by atoms with Gasteiger partial charge >= 0.3 is 5.97 Å². The van der Waals surface area contributed by atoms with Crippen LogP contribution in [0.2, 0.25) is 0 Å². The molecule has 2 aromatic rings. The number of benzene rings is 2. The largest absolute Gasteiger partial charge is 0.457 e. The van der Waals surface area contributed by atoms with Crippen molar-refractivity contribution in [2.24, 2.45) is 0 Å². The summed E-state index contributed by atoms with van der Waals surface area (Å²) in [7, 11) is 0. The Morgan fingerprint density at radius 1 is 0.967 bits per heavy atom. The van der Waals surface area contributed by atoms with E-state index in [1.807, 2.05) is 30.3 Å². The van der Waals surface area contributed by atoms with Crippen molar-refractivity contribution in [2.75, 3.05) is 11.9 Å². The molecule has 0 spiro atoms. The molecule has 3 rings (SSSR count). The quantitative estimate of drug-likeness (QED) is 0.530. The number of amides is 3. The Balaban J connectivity index is 1.45. The molecule has 0 aliphatic carbocycles. The van der Waals surface area contributed by atoms with Crippen LogP contribution in [0.1, 0.15) is 26.2 Å². The Morgan fingerprint density at radius 3 is 2.20 bits per heavy atom. The van der Waals surface area contributed by atoms with E-state index in [9.17, 15) is 19.2 Å². The minimum atomic E-state index is -1.03. The van der Waals surface area contributed by atoms with Gasteiger partial charge < -0.3 is 14.8 Å². The molecule has 2 aromatic carbocycles. The van der Waals surface area contributed by atoms with Gasteiger partial charge in [-0.25, -0.2) is 0 Å². The van der Waals surface area contributed by atoms with Gasteiger partial charge in [0.05, 0.1) is 6.42 Å². The van der Waals surface area contributed by atoms with Gasteiger partial charge in [-0.15, -0.1) is 0 Å². The predicted octanol–water partition coefficient (Wildman–Crippen LogP) is 2.89. The number of likely N-dealkylation sites (tertiary alicyclic amines) is 1. The molecule has 0 bridgehead atoms. The van der Waals surface area contributed by atoms with Gasteiger partial charge in [0.1, 0.15) is 11.5 Å². The van der Waals surface area contributed by atoms with Crippen LogP contribution in [0, 0.1) is 0 Å². The first-order valence-corrected chi connectivity index (χ1v) is 9.59. The molecule has 1 heterocycles. The highest BCUT2D eigenvalue weighted by Gasteiger charge is 2.29. The second kappa shape index (κ2) is 9.69. The number of hydrogen-bond donors (Lipinski definition) is 1. The molecule has 0 radical (unpaired) electrons. The zero-order chi connectivity index (χ0) is 21.5. The van der Waals surface area contributed by atoms with Crippen molar-refractivity contribution >= 4 is 29.4 Å². The number of nitrogens with zero attached hydrogens (tertiary/aromatic N) is 1. The van der Waals surface area contributed by atoms with E-state index < -0.39 is 18.0 Å². The normalized spacial score (nSPS) is 14.4. The maximum atomic E-state index is 12.3. The SMILES string of the molecule is CC(OC(=O)CCN1C(=O)CCC1=O)C(=O)Nc1ccc(Oc2ccccc2)cc1. The Morgan fingerprint density at radius 2 is 1.57 bits per heavy atom. The zero-order valence-corrected chi connectivity index (χ0v) is 16.5. The van der Waals surface area contributed by atoms with E-state index in [0.717, 1.165) is 4.90 Å². The van der Waals surface area contributed by atoms with Crippen LogP contribution >= 0.6 is 0 Å². The number of para-hydroxylation sites is 1. The van der Waals surface area contributed by atoms with E-state index in [1.165, 1.54) is 6.92 Å². The fourth-order valence-electron chi connectivity index (χ4n) is 2.86. The molecule has 8 heteroatoms. The van der Waals surface area contributed by atoms with Crippen molar-refractivity contribution in [3.63, 3.8) is 0 Å². The second-order valence-corrected chi connectivity index (χ2v) is 6.75. The third kappa shape index (κ3) is 5.66. The Bertz CT molecular complexity index is 910. The van der Waals surface area contributed by atoms with Gasteiger partial charge in [0, 0.05) is 25.1 Å². The minimum Gasteiger partial charge on any atom is -0.457 e. The molecular formula is C22H22N2O6. The summed E-state index contributed by atoms with van der Waals surface area (Å²) >= 11 is 0. The lowest BCUT2D eigenvalue weighted by atomic mass is 10.2. The molecular weight excluding hydrogens is 388 g/mol. The highest BCUT2D eigenvalue weighted by Crippen LogP contribution is 2.22. The van der Waals surface area contributed by atoms with Crippen LogP contribution in [-0.4, -0.2) is 41.2 Å². The molecule has 1 aliphatic heterocycles. The summed E-state index contributed by atoms with van der Waals surface area (Å²) in [6.07, 6.45) is -0.840. The van der Waals surface area contributed by atoms with Crippen molar-refractivity contribution in [3.05, 3.63) is 54.6 Å². The fraction of sp³-hybridized carbons (Fsp3) is 0.273. The van der Waals surface area contributed by atoms with Crippen molar-refractivity contribution in [2.45, 2.75) is 32.3 Å². The molecule has 0 saturated carbocycles. The molecule has 156 valence electrons. The summed E-state index contributed by atoms with van der Waals surface area (Å²) in [6.45, 7) is 1.42. The number of hydrogen-bond acceptors (Lipinski definition) is 6. The average molecular weight is 410 g/mol. The fourth-order valence-corrected chi connectivity index (χ4v) is 2.86. The number of carbonyl (C=O) groups is 4. The number of carbonyl (C=O) groups excluding carboxylic acids is 4. The van der Waals surface area contributed by atoms with Crippen LogP contribution in [0.3, 0.4) is 0 Å². The minimum absolute atomic E-state index is 0.0340. The Kier molecular flexibility index (Phi) is 6.79.